The van der Waals surface area contributed by atoms with Crippen molar-refractivity contribution in [1.82, 2.24) is 0 Å². The van der Waals surface area contributed by atoms with E-state index in [2.05, 4.69) is 77.2 Å². The van der Waals surface area contributed by atoms with Crippen molar-refractivity contribution in [3.05, 3.63) is 36.5 Å². The fourth-order valence-corrected chi connectivity index (χ4v) is 3.35. The monoisotopic (exact) mass is 392 g/mol. The van der Waals surface area contributed by atoms with E-state index in [1.165, 1.54) is 19.3 Å². The fraction of sp³-hybridized carbons (Fsp3) is 0.708. The molecule has 0 N–H and O–H groups in total. The van der Waals surface area contributed by atoms with Gasteiger partial charge in [-0.2, -0.15) is 0 Å². The fourth-order valence-electron chi connectivity index (χ4n) is 2.38. The van der Waals surface area contributed by atoms with E-state index in [9.17, 15) is 4.79 Å². The van der Waals surface area contributed by atoms with Crippen LogP contribution in [0.5, 0.6) is 0 Å². The van der Waals surface area contributed by atoms with Crippen molar-refractivity contribution in [2.24, 2.45) is 0 Å². The summed E-state index contributed by atoms with van der Waals surface area (Å²) in [6.07, 6.45) is 24.2. The van der Waals surface area contributed by atoms with Crippen molar-refractivity contribution in [2.75, 3.05) is 0 Å². The summed E-state index contributed by atoms with van der Waals surface area (Å²) in [6, 6.07) is 0. The van der Waals surface area contributed by atoms with Gasteiger partial charge in [-0.25, -0.2) is 0 Å². The molecule has 0 saturated heterocycles. The Kier molecular flexibility index (Phi) is 14.3. The Morgan fingerprint density at radius 1 is 0.815 bits per heavy atom. The highest BCUT2D eigenvalue weighted by Crippen LogP contribution is 2.36. The number of allylic oxidation sites excluding steroid dienone is 6. The van der Waals surface area contributed by atoms with Gasteiger partial charge in [-0.15, -0.1) is 0 Å². The quantitative estimate of drug-likeness (QED) is 0.169. The summed E-state index contributed by atoms with van der Waals surface area (Å²) >= 11 is 0. The minimum Gasteiger partial charge on any atom is -0.519 e. The predicted molar refractivity (Wildman–Crippen MR) is 123 cm³/mol. The number of hydrogen-bond donors (Lipinski definition) is 0. The maximum atomic E-state index is 12.0. The average molecular weight is 393 g/mol. The van der Waals surface area contributed by atoms with Crippen molar-refractivity contribution in [1.29, 1.82) is 0 Å². The number of carbonyl (C=O) groups excluding carboxylic acids is 1. The van der Waals surface area contributed by atoms with Crippen molar-refractivity contribution in [2.45, 2.75) is 110 Å². The van der Waals surface area contributed by atoms with Crippen LogP contribution in [0.4, 0.5) is 0 Å². The largest absolute Gasteiger partial charge is 0.519 e. The molecule has 0 spiro atoms. The van der Waals surface area contributed by atoms with Crippen LogP contribution in [-0.4, -0.2) is 14.3 Å². The van der Waals surface area contributed by atoms with E-state index in [1.807, 2.05) is 0 Å². The minimum absolute atomic E-state index is 0.00256. The smallest absolute Gasteiger partial charge is 0.292 e. The molecule has 0 aromatic carbocycles. The first-order chi connectivity index (χ1) is 12.7. The molecule has 0 radical (unpaired) electrons. The maximum Gasteiger partial charge on any atom is 0.292 e. The maximum absolute atomic E-state index is 12.0. The topological polar surface area (TPSA) is 26.3 Å². The van der Waals surface area contributed by atoms with Gasteiger partial charge < -0.3 is 4.43 Å². The third kappa shape index (κ3) is 14.6. The lowest BCUT2D eigenvalue weighted by atomic mass is 10.1. The molecular formula is C24H44O2Si. The molecule has 156 valence electrons. The zero-order chi connectivity index (χ0) is 20.6. The number of hydrogen-bond acceptors (Lipinski definition) is 2. The lowest BCUT2D eigenvalue weighted by molar-refractivity contribution is -0.135. The third-order valence-electron chi connectivity index (χ3n) is 5.21. The molecule has 3 heteroatoms. The zero-order valence-electron chi connectivity index (χ0n) is 18.9. The van der Waals surface area contributed by atoms with Crippen LogP contribution in [0, 0.1) is 0 Å². The van der Waals surface area contributed by atoms with Crippen LogP contribution in [-0.2, 0) is 9.22 Å². The zero-order valence-corrected chi connectivity index (χ0v) is 19.9. The van der Waals surface area contributed by atoms with Crippen LogP contribution in [0.25, 0.3) is 0 Å². The van der Waals surface area contributed by atoms with Gasteiger partial charge in [-0.1, -0.05) is 83.4 Å². The van der Waals surface area contributed by atoms with Gasteiger partial charge in [0.2, 0.25) is 0 Å². The molecule has 0 aliphatic carbocycles. The van der Waals surface area contributed by atoms with E-state index < -0.39 is 8.32 Å². The second-order valence-electron chi connectivity index (χ2n) is 8.83. The lowest BCUT2D eigenvalue weighted by Gasteiger charge is -2.35. The minimum atomic E-state index is -1.94. The van der Waals surface area contributed by atoms with Crippen LogP contribution in [0.2, 0.25) is 18.1 Å². The molecule has 0 unspecified atom stereocenters. The normalized spacial score (nSPS) is 13.3. The van der Waals surface area contributed by atoms with Crippen LogP contribution in [0.1, 0.15) is 91.9 Å². The molecule has 0 atom stereocenters. The summed E-state index contributed by atoms with van der Waals surface area (Å²) in [7, 11) is -1.94. The predicted octanol–water partition coefficient (Wildman–Crippen LogP) is 8.12. The lowest BCUT2D eigenvalue weighted by Crippen LogP contribution is -2.42. The van der Waals surface area contributed by atoms with E-state index in [0.29, 0.717) is 6.42 Å². The summed E-state index contributed by atoms with van der Waals surface area (Å²) in [5.41, 5.74) is 0. The van der Waals surface area contributed by atoms with E-state index in [-0.39, 0.29) is 11.0 Å². The Bertz CT molecular complexity index is 467. The Labute approximate surface area is 170 Å². The first-order valence-corrected chi connectivity index (χ1v) is 13.8. The van der Waals surface area contributed by atoms with Gasteiger partial charge in [0.25, 0.3) is 14.3 Å². The molecule has 0 fully saturated rings. The van der Waals surface area contributed by atoms with Gasteiger partial charge in [-0.05, 0) is 56.7 Å². The first kappa shape index (κ1) is 25.9. The number of unbranched alkanes of at least 4 members (excludes halogenated alkanes) is 5. The molecule has 0 bridgehead atoms. The molecule has 0 aliphatic rings. The summed E-state index contributed by atoms with van der Waals surface area (Å²) in [6.45, 7) is 12.9. The average Bonchev–Trinajstić information content (AvgIpc) is 2.57. The standard InChI is InChI=1S/C24H44O2Si/c1-7-8-9-10-11-12-13-14-15-16-17-18-19-20-21-22-23(25)26-27(5,6)24(2,3)4/h8-9,11-12,14-15H,7,10,13,16-22H2,1-6H3/b9-8-,12-11-,15-14-. The Morgan fingerprint density at radius 2 is 1.33 bits per heavy atom. The van der Waals surface area contributed by atoms with Crippen molar-refractivity contribution in [3.8, 4) is 0 Å². The van der Waals surface area contributed by atoms with E-state index in [0.717, 1.165) is 38.5 Å². The third-order valence-corrected chi connectivity index (χ3v) is 9.56. The number of rotatable bonds is 14. The first-order valence-electron chi connectivity index (χ1n) is 10.9. The van der Waals surface area contributed by atoms with Gasteiger partial charge in [0.05, 0.1) is 0 Å². The summed E-state index contributed by atoms with van der Waals surface area (Å²) in [5.74, 6) is 0.00256. The van der Waals surface area contributed by atoms with Crippen molar-refractivity contribution in [3.63, 3.8) is 0 Å². The molecule has 27 heavy (non-hydrogen) atoms. The van der Waals surface area contributed by atoms with Crippen LogP contribution in [0.15, 0.2) is 36.5 Å². The molecule has 2 nitrogen and oxygen atoms in total. The van der Waals surface area contributed by atoms with Gasteiger partial charge in [0.15, 0.2) is 0 Å². The van der Waals surface area contributed by atoms with Gasteiger partial charge in [0, 0.05) is 6.42 Å². The van der Waals surface area contributed by atoms with Crippen molar-refractivity contribution < 1.29 is 9.22 Å². The Morgan fingerprint density at radius 3 is 1.93 bits per heavy atom. The molecular weight excluding hydrogens is 348 g/mol. The van der Waals surface area contributed by atoms with Crippen LogP contribution >= 0.6 is 0 Å². The summed E-state index contributed by atoms with van der Waals surface area (Å²) in [5, 5.41) is 0.0953. The summed E-state index contributed by atoms with van der Waals surface area (Å²) in [4.78, 5) is 12.0. The Hall–Kier alpha value is -1.09. The highest BCUT2D eigenvalue weighted by molar-refractivity contribution is 6.75. The summed E-state index contributed by atoms with van der Waals surface area (Å²) < 4.78 is 5.80. The molecule has 0 amide bonds. The highest BCUT2D eigenvalue weighted by Gasteiger charge is 2.40. The Balaban J connectivity index is 3.58. The molecule has 0 aromatic rings. The SMILES string of the molecule is CC/C=C\C/C=C\C/C=C\CCCCCCCC(=O)O[Si](C)(C)C(C)(C)C. The van der Waals surface area contributed by atoms with E-state index in [4.69, 9.17) is 4.43 Å². The second kappa shape index (κ2) is 14.9. The van der Waals surface area contributed by atoms with Crippen LogP contribution in [0.3, 0.4) is 0 Å². The van der Waals surface area contributed by atoms with E-state index in [1.54, 1.807) is 0 Å². The second-order valence-corrected chi connectivity index (χ2v) is 13.6. The van der Waals surface area contributed by atoms with Gasteiger partial charge in [0.1, 0.15) is 0 Å². The molecule has 0 rings (SSSR count). The van der Waals surface area contributed by atoms with Crippen LogP contribution < -0.4 is 0 Å². The van der Waals surface area contributed by atoms with E-state index >= 15 is 0 Å². The van der Waals surface area contributed by atoms with Gasteiger partial charge >= 0.3 is 0 Å². The molecule has 0 heterocycles. The molecule has 0 aliphatic heterocycles. The van der Waals surface area contributed by atoms with Crippen molar-refractivity contribution >= 4 is 14.3 Å². The number of carbonyl (C=O) groups is 1. The molecule has 0 aromatic heterocycles. The molecule has 0 saturated carbocycles. The van der Waals surface area contributed by atoms with Gasteiger partial charge in [-0.3, -0.25) is 4.79 Å². The highest BCUT2D eigenvalue weighted by atomic mass is 28.4.